The number of hydrogen-bond acceptors (Lipinski definition) is 7. The van der Waals surface area contributed by atoms with E-state index in [-0.39, 0.29) is 11.9 Å². The number of aromatic nitrogens is 3. The summed E-state index contributed by atoms with van der Waals surface area (Å²) in [6.45, 7) is 6.03. The van der Waals surface area contributed by atoms with Crippen molar-refractivity contribution in [2.45, 2.75) is 39.4 Å². The molecule has 1 aliphatic rings. The van der Waals surface area contributed by atoms with E-state index >= 15 is 0 Å². The van der Waals surface area contributed by atoms with Gasteiger partial charge in [0.25, 0.3) is 10.7 Å². The Balaban J connectivity index is 1.32. The van der Waals surface area contributed by atoms with Crippen LogP contribution in [-0.2, 0) is 6.67 Å². The number of nitrogens with zero attached hydrogens (tertiary/aromatic N) is 4. The van der Waals surface area contributed by atoms with E-state index in [1.165, 1.54) is 5.56 Å². The molecule has 2 aromatic heterocycles. The molecule has 3 heterocycles. The summed E-state index contributed by atoms with van der Waals surface area (Å²) in [6, 6.07) is 9.75. The first-order chi connectivity index (χ1) is 14.0. The lowest BCUT2D eigenvalue weighted by Gasteiger charge is -2.31. The van der Waals surface area contributed by atoms with E-state index < -0.39 is 0 Å². The summed E-state index contributed by atoms with van der Waals surface area (Å²) < 4.78 is 12.3. The molecule has 0 unspecified atom stereocenters. The average Bonchev–Trinajstić information content (AvgIpc) is 3.30. The zero-order chi connectivity index (χ0) is 20.4. The van der Waals surface area contributed by atoms with Crippen molar-refractivity contribution in [2.24, 2.45) is 0 Å². The zero-order valence-electron chi connectivity index (χ0n) is 16.4. The molecule has 152 valence electrons. The van der Waals surface area contributed by atoms with Crippen molar-refractivity contribution in [3.63, 3.8) is 0 Å². The first-order valence-corrected chi connectivity index (χ1v) is 10.0. The maximum Gasteiger partial charge on any atom is 0.288 e. The Hall–Kier alpha value is -2.78. The highest BCUT2D eigenvalue weighted by molar-refractivity contribution is 7.71. The van der Waals surface area contributed by atoms with Gasteiger partial charge in [0.1, 0.15) is 5.76 Å². The van der Waals surface area contributed by atoms with Crippen molar-refractivity contribution >= 4 is 18.1 Å². The number of aryl methyl sites for hydroxylation is 2. The molecular formula is C20H23N5O3S. The van der Waals surface area contributed by atoms with Gasteiger partial charge in [0.05, 0.1) is 6.67 Å². The minimum atomic E-state index is -0.193. The number of likely N-dealkylation sites (tertiary alicyclic amines) is 1. The highest BCUT2D eigenvalue weighted by Crippen LogP contribution is 2.19. The SMILES string of the molecule is Cc1ccc(-c2nn(CN3CCC(NC(=O)c4cc(C)on4)CC3)c(=S)o2)cc1. The van der Waals surface area contributed by atoms with Crippen LogP contribution in [-0.4, -0.2) is 44.9 Å². The van der Waals surface area contributed by atoms with Crippen LogP contribution in [0.4, 0.5) is 0 Å². The molecular weight excluding hydrogens is 390 g/mol. The van der Waals surface area contributed by atoms with Gasteiger partial charge in [-0.25, -0.2) is 4.68 Å². The standard InChI is InChI=1S/C20H23N5O3S/c1-13-3-5-15(6-4-13)19-22-25(20(29)27-19)12-24-9-7-16(8-10-24)21-18(26)17-11-14(2)28-23-17/h3-6,11,16H,7-10,12H2,1-2H3,(H,21,26). The lowest BCUT2D eigenvalue weighted by molar-refractivity contribution is 0.0886. The topological polar surface area (TPSA) is 89.3 Å². The maximum atomic E-state index is 12.2. The first-order valence-electron chi connectivity index (χ1n) is 9.59. The van der Waals surface area contributed by atoms with E-state index in [9.17, 15) is 4.79 Å². The summed E-state index contributed by atoms with van der Waals surface area (Å²) in [4.78, 5) is 14.8. The summed E-state index contributed by atoms with van der Waals surface area (Å²) in [5.41, 5.74) is 2.41. The molecule has 1 fully saturated rings. The molecule has 1 aromatic carbocycles. The fourth-order valence-electron chi connectivity index (χ4n) is 3.35. The molecule has 9 heteroatoms. The van der Waals surface area contributed by atoms with E-state index in [1.54, 1.807) is 17.7 Å². The smallest absolute Gasteiger partial charge is 0.288 e. The van der Waals surface area contributed by atoms with Gasteiger partial charge in [0.15, 0.2) is 5.69 Å². The molecule has 4 rings (SSSR count). The number of rotatable bonds is 5. The van der Waals surface area contributed by atoms with Gasteiger partial charge in [-0.2, -0.15) is 0 Å². The normalized spacial score (nSPS) is 15.5. The van der Waals surface area contributed by atoms with Crippen LogP contribution < -0.4 is 5.32 Å². The van der Waals surface area contributed by atoms with Crippen LogP contribution in [0.25, 0.3) is 11.5 Å². The first kappa shape index (κ1) is 19.5. The quantitative estimate of drug-likeness (QED) is 0.642. The minimum Gasteiger partial charge on any atom is -0.409 e. The van der Waals surface area contributed by atoms with Gasteiger partial charge >= 0.3 is 0 Å². The summed E-state index contributed by atoms with van der Waals surface area (Å²) in [5, 5.41) is 11.3. The van der Waals surface area contributed by atoms with Crippen molar-refractivity contribution in [1.82, 2.24) is 25.2 Å². The summed E-state index contributed by atoms with van der Waals surface area (Å²) in [6.07, 6.45) is 1.69. The van der Waals surface area contributed by atoms with Crippen molar-refractivity contribution in [1.29, 1.82) is 0 Å². The van der Waals surface area contributed by atoms with Gasteiger partial charge in [-0.1, -0.05) is 22.9 Å². The van der Waals surface area contributed by atoms with Gasteiger partial charge in [-0.3, -0.25) is 9.69 Å². The molecule has 0 saturated carbocycles. The molecule has 0 atom stereocenters. The second-order valence-electron chi connectivity index (χ2n) is 7.37. The van der Waals surface area contributed by atoms with Crippen molar-refractivity contribution in [2.75, 3.05) is 13.1 Å². The Morgan fingerprint density at radius 3 is 2.62 bits per heavy atom. The molecule has 0 bridgehead atoms. The van der Waals surface area contributed by atoms with Gasteiger partial charge in [0.2, 0.25) is 5.89 Å². The zero-order valence-corrected chi connectivity index (χ0v) is 17.2. The molecule has 8 nitrogen and oxygen atoms in total. The van der Waals surface area contributed by atoms with E-state index in [1.807, 2.05) is 31.2 Å². The van der Waals surface area contributed by atoms with Crippen LogP contribution in [0.15, 0.2) is 39.3 Å². The van der Waals surface area contributed by atoms with E-state index in [0.717, 1.165) is 31.5 Å². The van der Waals surface area contributed by atoms with Gasteiger partial charge in [0, 0.05) is 30.8 Å². The van der Waals surface area contributed by atoms with Gasteiger partial charge in [-0.05, 0) is 51.0 Å². The number of hydrogen-bond donors (Lipinski definition) is 1. The van der Waals surface area contributed by atoms with Gasteiger partial charge < -0.3 is 14.3 Å². The summed E-state index contributed by atoms with van der Waals surface area (Å²) in [5.74, 6) is 0.959. The third-order valence-electron chi connectivity index (χ3n) is 5.02. The second kappa shape index (κ2) is 8.30. The number of benzene rings is 1. The second-order valence-corrected chi connectivity index (χ2v) is 7.72. The van der Waals surface area contributed by atoms with Crippen LogP contribution in [0.1, 0.15) is 34.7 Å². The molecule has 1 aliphatic heterocycles. The largest absolute Gasteiger partial charge is 0.409 e. The number of carbonyl (C=O) groups is 1. The number of piperidine rings is 1. The van der Waals surface area contributed by atoms with Crippen molar-refractivity contribution < 1.29 is 13.7 Å². The molecule has 1 N–H and O–H groups in total. The van der Waals surface area contributed by atoms with E-state index in [4.69, 9.17) is 21.2 Å². The third-order valence-corrected chi connectivity index (χ3v) is 5.32. The van der Waals surface area contributed by atoms with Crippen LogP contribution in [0, 0.1) is 18.7 Å². The van der Waals surface area contributed by atoms with Gasteiger partial charge in [-0.15, -0.1) is 5.10 Å². The van der Waals surface area contributed by atoms with Crippen LogP contribution in [0.5, 0.6) is 0 Å². The molecule has 0 radical (unpaired) electrons. The minimum absolute atomic E-state index is 0.115. The fraction of sp³-hybridized carbons (Fsp3) is 0.400. The summed E-state index contributed by atoms with van der Waals surface area (Å²) in [7, 11) is 0. The van der Waals surface area contributed by atoms with E-state index in [0.29, 0.717) is 28.9 Å². The number of carbonyl (C=O) groups excluding carboxylic acids is 1. The lowest BCUT2D eigenvalue weighted by atomic mass is 10.1. The van der Waals surface area contributed by atoms with Crippen LogP contribution >= 0.6 is 12.2 Å². The fourth-order valence-corrected chi connectivity index (χ4v) is 3.53. The predicted molar refractivity (Wildman–Crippen MR) is 109 cm³/mol. The van der Waals surface area contributed by atoms with Crippen molar-refractivity contribution in [3.8, 4) is 11.5 Å². The maximum absolute atomic E-state index is 12.2. The average molecular weight is 414 g/mol. The summed E-state index contributed by atoms with van der Waals surface area (Å²) >= 11 is 5.34. The Morgan fingerprint density at radius 1 is 1.24 bits per heavy atom. The molecule has 1 saturated heterocycles. The molecule has 29 heavy (non-hydrogen) atoms. The molecule has 0 aliphatic carbocycles. The third kappa shape index (κ3) is 4.63. The monoisotopic (exact) mass is 413 g/mol. The van der Waals surface area contributed by atoms with Crippen LogP contribution in [0.2, 0.25) is 0 Å². The Labute approximate surface area is 173 Å². The van der Waals surface area contributed by atoms with Crippen molar-refractivity contribution in [3.05, 3.63) is 52.2 Å². The Kier molecular flexibility index (Phi) is 5.59. The van der Waals surface area contributed by atoms with Crippen LogP contribution in [0.3, 0.4) is 0 Å². The molecule has 3 aromatic rings. The molecule has 0 spiro atoms. The highest BCUT2D eigenvalue weighted by Gasteiger charge is 2.23. The van der Waals surface area contributed by atoms with E-state index in [2.05, 4.69) is 20.5 Å². The Morgan fingerprint density at radius 2 is 1.97 bits per heavy atom. The lowest BCUT2D eigenvalue weighted by Crippen LogP contribution is -2.45. The highest BCUT2D eigenvalue weighted by atomic mass is 32.1. The Bertz CT molecular complexity index is 1040. The predicted octanol–water partition coefficient (Wildman–Crippen LogP) is 3.33. The number of amides is 1. The number of nitrogens with one attached hydrogen (secondary N) is 1. The molecule has 1 amide bonds.